The van der Waals surface area contributed by atoms with Crippen LogP contribution in [0.4, 0.5) is 8.78 Å². The molecule has 0 saturated carbocycles. The summed E-state index contributed by atoms with van der Waals surface area (Å²) in [5, 5.41) is 2.81. The van der Waals surface area contributed by atoms with Crippen molar-refractivity contribution in [1.82, 2.24) is 14.9 Å². The second-order valence-electron chi connectivity index (χ2n) is 4.08. The van der Waals surface area contributed by atoms with Crippen LogP contribution in [0.25, 0.3) is 5.69 Å². The standard InChI is InChI=1S/C13H11Cl2F2N3O/c1-2-18-13(21)9-11(12(16)17)20(6-19-9)10-7(14)4-3-5-8(10)15/h3-6,12H,2H2,1H3,(H,18,21). The summed E-state index contributed by atoms with van der Waals surface area (Å²) in [5.41, 5.74) is -0.724. The fourth-order valence-electron chi connectivity index (χ4n) is 1.88. The fraction of sp³-hybridized carbons (Fsp3) is 0.231. The van der Waals surface area contributed by atoms with E-state index in [1.54, 1.807) is 13.0 Å². The van der Waals surface area contributed by atoms with Crippen LogP contribution in [0.3, 0.4) is 0 Å². The Balaban J connectivity index is 2.63. The van der Waals surface area contributed by atoms with Crippen molar-refractivity contribution in [3.63, 3.8) is 0 Å². The van der Waals surface area contributed by atoms with Crippen molar-refractivity contribution in [3.05, 3.63) is 46.0 Å². The molecule has 0 radical (unpaired) electrons. The van der Waals surface area contributed by atoms with E-state index in [9.17, 15) is 13.6 Å². The average molecular weight is 334 g/mol. The van der Waals surface area contributed by atoms with Gasteiger partial charge in [-0.3, -0.25) is 9.36 Å². The summed E-state index contributed by atoms with van der Waals surface area (Å²) in [4.78, 5) is 15.6. The molecule has 0 bridgehead atoms. The molecule has 4 nitrogen and oxygen atoms in total. The lowest BCUT2D eigenvalue weighted by Crippen LogP contribution is -2.24. The molecule has 2 rings (SSSR count). The normalized spacial score (nSPS) is 11.0. The highest BCUT2D eigenvalue weighted by Gasteiger charge is 2.26. The lowest BCUT2D eigenvalue weighted by atomic mass is 10.2. The van der Waals surface area contributed by atoms with Crippen LogP contribution >= 0.6 is 23.2 Å². The van der Waals surface area contributed by atoms with Gasteiger partial charge >= 0.3 is 0 Å². The number of hydrogen-bond donors (Lipinski definition) is 1. The van der Waals surface area contributed by atoms with Crippen molar-refractivity contribution >= 4 is 29.1 Å². The summed E-state index contributed by atoms with van der Waals surface area (Å²) in [5.74, 6) is -0.672. The molecule has 2 aromatic rings. The van der Waals surface area contributed by atoms with E-state index in [1.807, 2.05) is 0 Å². The molecule has 1 aromatic carbocycles. The molecule has 0 aliphatic rings. The highest BCUT2D eigenvalue weighted by Crippen LogP contribution is 2.33. The maximum Gasteiger partial charge on any atom is 0.281 e. The summed E-state index contributed by atoms with van der Waals surface area (Å²) in [6.07, 6.45) is -1.79. The van der Waals surface area contributed by atoms with E-state index in [4.69, 9.17) is 23.2 Å². The number of alkyl halides is 2. The third kappa shape index (κ3) is 3.01. The number of hydrogen-bond acceptors (Lipinski definition) is 2. The molecule has 0 aliphatic carbocycles. The minimum absolute atomic E-state index is 0.166. The van der Waals surface area contributed by atoms with E-state index < -0.39 is 18.0 Å². The van der Waals surface area contributed by atoms with E-state index >= 15 is 0 Å². The second-order valence-corrected chi connectivity index (χ2v) is 4.89. The Morgan fingerprint density at radius 2 is 2.00 bits per heavy atom. The molecule has 1 aromatic heterocycles. The largest absolute Gasteiger partial charge is 0.351 e. The van der Waals surface area contributed by atoms with Gasteiger partial charge in [0.05, 0.1) is 15.7 Å². The minimum Gasteiger partial charge on any atom is -0.351 e. The number of halogens is 4. The Morgan fingerprint density at radius 3 is 2.52 bits per heavy atom. The maximum atomic E-state index is 13.3. The van der Waals surface area contributed by atoms with E-state index in [2.05, 4.69) is 10.3 Å². The minimum atomic E-state index is -2.91. The monoisotopic (exact) mass is 333 g/mol. The smallest absolute Gasteiger partial charge is 0.281 e. The number of imidazole rings is 1. The lowest BCUT2D eigenvalue weighted by Gasteiger charge is -2.12. The van der Waals surface area contributed by atoms with Gasteiger partial charge in [0.2, 0.25) is 0 Å². The molecular weight excluding hydrogens is 323 g/mol. The van der Waals surface area contributed by atoms with Crippen LogP contribution in [0.2, 0.25) is 10.0 Å². The van der Waals surface area contributed by atoms with Crippen molar-refractivity contribution in [1.29, 1.82) is 0 Å². The van der Waals surface area contributed by atoms with E-state index in [1.165, 1.54) is 12.1 Å². The quantitative estimate of drug-likeness (QED) is 0.923. The zero-order valence-electron chi connectivity index (χ0n) is 10.9. The van der Waals surface area contributed by atoms with Crippen LogP contribution in [0, 0.1) is 0 Å². The van der Waals surface area contributed by atoms with Gasteiger partial charge in [-0.05, 0) is 19.1 Å². The number of carbonyl (C=O) groups is 1. The van der Waals surface area contributed by atoms with Gasteiger partial charge in [0, 0.05) is 6.54 Å². The maximum absolute atomic E-state index is 13.3. The summed E-state index contributed by atoms with van der Waals surface area (Å²) in [6.45, 7) is 1.99. The number of rotatable bonds is 4. The van der Waals surface area contributed by atoms with Gasteiger partial charge in [-0.15, -0.1) is 0 Å². The highest BCUT2D eigenvalue weighted by molar-refractivity contribution is 6.37. The fourth-order valence-corrected chi connectivity index (χ4v) is 2.46. The molecule has 1 amide bonds. The summed E-state index contributed by atoms with van der Waals surface area (Å²) in [6, 6.07) is 4.63. The molecule has 1 N–H and O–H groups in total. The molecule has 21 heavy (non-hydrogen) atoms. The van der Waals surface area contributed by atoms with Crippen molar-refractivity contribution < 1.29 is 13.6 Å². The van der Waals surface area contributed by atoms with Crippen molar-refractivity contribution in [2.45, 2.75) is 13.3 Å². The van der Waals surface area contributed by atoms with E-state index in [0.29, 0.717) is 6.54 Å². The van der Waals surface area contributed by atoms with Crippen molar-refractivity contribution in [3.8, 4) is 5.69 Å². The second kappa shape index (κ2) is 6.41. The van der Waals surface area contributed by atoms with Gasteiger partial charge in [-0.1, -0.05) is 29.3 Å². The van der Waals surface area contributed by atoms with Gasteiger partial charge in [0.15, 0.2) is 5.69 Å². The number of aromatic nitrogens is 2. The van der Waals surface area contributed by atoms with Gasteiger partial charge in [-0.2, -0.15) is 0 Å². The number of benzene rings is 1. The highest BCUT2D eigenvalue weighted by atomic mass is 35.5. The van der Waals surface area contributed by atoms with Crippen molar-refractivity contribution in [2.75, 3.05) is 6.54 Å². The first kappa shape index (κ1) is 15.7. The van der Waals surface area contributed by atoms with Gasteiger partial charge in [0.1, 0.15) is 12.0 Å². The predicted octanol–water partition coefficient (Wildman–Crippen LogP) is 3.87. The Morgan fingerprint density at radius 1 is 1.38 bits per heavy atom. The zero-order chi connectivity index (χ0) is 15.6. The third-order valence-corrected chi connectivity index (χ3v) is 3.35. The van der Waals surface area contributed by atoms with Crippen LogP contribution in [0.15, 0.2) is 24.5 Å². The molecule has 0 atom stereocenters. The third-order valence-electron chi connectivity index (χ3n) is 2.74. The number of carbonyl (C=O) groups excluding carboxylic acids is 1. The predicted molar refractivity (Wildman–Crippen MR) is 76.5 cm³/mol. The van der Waals surface area contributed by atoms with E-state index in [-0.39, 0.29) is 21.4 Å². The first-order chi connectivity index (χ1) is 9.97. The SMILES string of the molecule is CCNC(=O)c1ncn(-c2c(Cl)cccc2Cl)c1C(F)F. The molecule has 1 heterocycles. The van der Waals surface area contributed by atoms with Crippen LogP contribution in [-0.2, 0) is 0 Å². The Hall–Kier alpha value is -1.66. The summed E-state index contributed by atoms with van der Waals surface area (Å²) < 4.78 is 27.7. The number of nitrogens with zero attached hydrogens (tertiary/aromatic N) is 2. The number of para-hydroxylation sites is 1. The lowest BCUT2D eigenvalue weighted by molar-refractivity contribution is 0.0934. The van der Waals surface area contributed by atoms with Gasteiger partial charge in [-0.25, -0.2) is 13.8 Å². The van der Waals surface area contributed by atoms with E-state index in [0.717, 1.165) is 10.9 Å². The average Bonchev–Trinajstić information content (AvgIpc) is 2.83. The van der Waals surface area contributed by atoms with Crippen LogP contribution < -0.4 is 5.32 Å². The first-order valence-electron chi connectivity index (χ1n) is 6.05. The van der Waals surface area contributed by atoms with Crippen LogP contribution in [0.1, 0.15) is 29.5 Å². The van der Waals surface area contributed by atoms with Crippen LogP contribution in [0.5, 0.6) is 0 Å². The van der Waals surface area contributed by atoms with Gasteiger partial charge < -0.3 is 5.32 Å². The molecule has 112 valence electrons. The first-order valence-corrected chi connectivity index (χ1v) is 6.81. The molecule has 0 saturated heterocycles. The van der Waals surface area contributed by atoms with Crippen LogP contribution in [-0.4, -0.2) is 22.0 Å². The molecule has 0 fully saturated rings. The topological polar surface area (TPSA) is 46.9 Å². The Kier molecular flexibility index (Phi) is 4.80. The molecule has 0 unspecified atom stereocenters. The molecular formula is C13H11Cl2F2N3O. The zero-order valence-corrected chi connectivity index (χ0v) is 12.4. The van der Waals surface area contributed by atoms with Gasteiger partial charge in [0.25, 0.3) is 12.3 Å². The molecule has 8 heteroatoms. The number of nitrogens with one attached hydrogen (secondary N) is 1. The Bertz CT molecular complexity index is 653. The summed E-state index contributed by atoms with van der Waals surface area (Å²) in [7, 11) is 0. The van der Waals surface area contributed by atoms with Crippen molar-refractivity contribution in [2.24, 2.45) is 0 Å². The molecule has 0 aliphatic heterocycles. The Labute approximate surface area is 129 Å². The summed E-state index contributed by atoms with van der Waals surface area (Å²) >= 11 is 12.0. The number of amides is 1. The molecule has 0 spiro atoms.